The van der Waals surface area contributed by atoms with E-state index in [1.54, 1.807) is 42.7 Å². The number of halogens is 4. The van der Waals surface area contributed by atoms with Crippen molar-refractivity contribution in [1.82, 2.24) is 25.0 Å². The molecule has 1 N–H and O–H groups in total. The number of hydrogen-bond acceptors (Lipinski definition) is 6. The smallest absolute Gasteiger partial charge is 0.321 e. The summed E-state index contributed by atoms with van der Waals surface area (Å²) in [6.45, 7) is 0. The van der Waals surface area contributed by atoms with Crippen molar-refractivity contribution in [2.45, 2.75) is 17.1 Å². The summed E-state index contributed by atoms with van der Waals surface area (Å²) in [6.07, 6.45) is -1.27. The van der Waals surface area contributed by atoms with E-state index < -0.39 is 17.6 Å². The number of alkyl halides is 3. The highest BCUT2D eigenvalue weighted by Gasteiger charge is 2.30. The van der Waals surface area contributed by atoms with Crippen LogP contribution in [-0.4, -0.2) is 30.9 Å². The fourth-order valence-corrected chi connectivity index (χ4v) is 3.74. The molecular weight excluding hydrogens is 477 g/mol. The van der Waals surface area contributed by atoms with Crippen LogP contribution in [0.2, 0.25) is 5.02 Å². The van der Waals surface area contributed by atoms with Crippen molar-refractivity contribution in [3.63, 3.8) is 0 Å². The van der Waals surface area contributed by atoms with E-state index in [9.17, 15) is 18.0 Å². The third kappa shape index (κ3) is 5.49. The van der Waals surface area contributed by atoms with Crippen LogP contribution in [0.3, 0.4) is 0 Å². The molecule has 0 spiro atoms. The number of nitrogens with zero attached hydrogens (tertiary/aromatic N) is 5. The minimum Gasteiger partial charge on any atom is -0.321 e. The van der Waals surface area contributed by atoms with E-state index in [0.29, 0.717) is 21.6 Å². The Kier molecular flexibility index (Phi) is 6.61. The van der Waals surface area contributed by atoms with Crippen LogP contribution in [0.25, 0.3) is 5.69 Å². The fraction of sp³-hybridized carbons (Fsp3) is 0.0952. The molecule has 4 aromatic rings. The van der Waals surface area contributed by atoms with Crippen molar-refractivity contribution in [3.8, 4) is 5.69 Å². The molecule has 0 fully saturated rings. The normalized spacial score (nSPS) is 11.4. The Morgan fingerprint density at radius 1 is 1.03 bits per heavy atom. The molecule has 2 aromatic heterocycles. The molecule has 2 heterocycles. The topological polar surface area (TPSA) is 85.6 Å². The Balaban J connectivity index is 1.62. The van der Waals surface area contributed by atoms with E-state index in [1.807, 2.05) is 0 Å². The molecule has 0 aliphatic carbocycles. The van der Waals surface area contributed by atoms with Crippen LogP contribution in [0.15, 0.2) is 72.1 Å². The fourth-order valence-electron chi connectivity index (χ4n) is 2.82. The number of rotatable bonds is 6. The van der Waals surface area contributed by atoms with Crippen LogP contribution in [0.4, 0.5) is 18.9 Å². The van der Waals surface area contributed by atoms with Crippen LogP contribution in [0, 0.1) is 0 Å². The number of benzene rings is 2. The second-order valence-electron chi connectivity index (χ2n) is 6.62. The molecule has 0 atom stereocenters. The van der Waals surface area contributed by atoms with Crippen LogP contribution in [-0.2, 0) is 11.9 Å². The van der Waals surface area contributed by atoms with Crippen LogP contribution in [0.1, 0.15) is 21.7 Å². The third-order valence-corrected chi connectivity index (χ3v) is 5.54. The monoisotopic (exact) mass is 490 g/mol. The molecule has 0 aliphatic rings. The molecule has 168 valence electrons. The van der Waals surface area contributed by atoms with E-state index in [2.05, 4.69) is 25.6 Å². The second kappa shape index (κ2) is 9.59. The molecular formula is C21H14ClF3N6OS. The van der Waals surface area contributed by atoms with Gasteiger partial charge in [-0.15, -0.1) is 5.10 Å². The van der Waals surface area contributed by atoms with Gasteiger partial charge in [0, 0.05) is 28.9 Å². The van der Waals surface area contributed by atoms with Crippen LogP contribution in [0.5, 0.6) is 0 Å². The number of carbonyl (C=O) groups excluding carboxylic acids is 1. The van der Waals surface area contributed by atoms with Crippen molar-refractivity contribution in [1.29, 1.82) is 0 Å². The van der Waals surface area contributed by atoms with Gasteiger partial charge in [0.15, 0.2) is 10.9 Å². The Morgan fingerprint density at radius 2 is 1.70 bits per heavy atom. The number of anilines is 1. The highest BCUT2D eigenvalue weighted by molar-refractivity contribution is 7.98. The second-order valence-corrected chi connectivity index (χ2v) is 8.00. The largest absolute Gasteiger partial charge is 0.416 e. The van der Waals surface area contributed by atoms with Gasteiger partial charge in [-0.2, -0.15) is 13.2 Å². The van der Waals surface area contributed by atoms with Gasteiger partial charge in [0.05, 0.1) is 16.9 Å². The molecule has 7 nitrogen and oxygen atoms in total. The lowest BCUT2D eigenvalue weighted by Gasteiger charge is -2.10. The molecule has 2 aromatic carbocycles. The summed E-state index contributed by atoms with van der Waals surface area (Å²) in [5.41, 5.74) is 0.491. The first-order chi connectivity index (χ1) is 15.8. The lowest BCUT2D eigenvalue weighted by atomic mass is 10.2. The lowest BCUT2D eigenvalue weighted by Crippen LogP contribution is -2.15. The average molecular weight is 491 g/mol. The zero-order valence-electron chi connectivity index (χ0n) is 16.6. The Labute approximate surface area is 195 Å². The number of hydrogen-bond donors (Lipinski definition) is 1. The lowest BCUT2D eigenvalue weighted by molar-refractivity contribution is -0.137. The number of carbonyl (C=O) groups is 1. The first-order valence-electron chi connectivity index (χ1n) is 9.40. The van der Waals surface area contributed by atoms with Crippen molar-refractivity contribution in [3.05, 3.63) is 89.0 Å². The zero-order valence-corrected chi connectivity index (χ0v) is 18.2. The molecule has 0 aliphatic heterocycles. The average Bonchev–Trinajstić information content (AvgIpc) is 3.23. The van der Waals surface area contributed by atoms with Gasteiger partial charge in [0.25, 0.3) is 5.91 Å². The first-order valence-corrected chi connectivity index (χ1v) is 10.8. The molecule has 0 radical (unpaired) electrons. The summed E-state index contributed by atoms with van der Waals surface area (Å²) >= 11 is 7.24. The molecule has 33 heavy (non-hydrogen) atoms. The minimum absolute atomic E-state index is 0.0216. The SMILES string of the molecule is O=C(Nc1ccc(C(F)(F)F)cc1)c1nnn(-c2ccc(Cl)cc2)c1CSc1ncccn1. The van der Waals surface area contributed by atoms with Gasteiger partial charge >= 0.3 is 6.18 Å². The van der Waals surface area contributed by atoms with Gasteiger partial charge < -0.3 is 5.32 Å². The van der Waals surface area contributed by atoms with Gasteiger partial charge in [-0.3, -0.25) is 4.79 Å². The number of nitrogens with one attached hydrogen (secondary N) is 1. The Hall–Kier alpha value is -3.44. The van der Waals surface area contributed by atoms with E-state index in [-0.39, 0.29) is 17.1 Å². The summed E-state index contributed by atoms with van der Waals surface area (Å²) < 4.78 is 39.8. The maximum atomic E-state index is 12.9. The van der Waals surface area contributed by atoms with Gasteiger partial charge in [-0.25, -0.2) is 14.6 Å². The van der Waals surface area contributed by atoms with E-state index in [4.69, 9.17) is 11.6 Å². The predicted octanol–water partition coefficient (Wildman–Crippen LogP) is 5.27. The minimum atomic E-state index is -4.46. The Bertz CT molecular complexity index is 1250. The highest BCUT2D eigenvalue weighted by atomic mass is 35.5. The van der Waals surface area contributed by atoms with Gasteiger partial charge in [0.1, 0.15) is 0 Å². The van der Waals surface area contributed by atoms with E-state index in [0.717, 1.165) is 12.1 Å². The molecule has 4 rings (SSSR count). The van der Waals surface area contributed by atoms with Crippen LogP contribution >= 0.6 is 23.4 Å². The quantitative estimate of drug-likeness (QED) is 0.292. The molecule has 12 heteroatoms. The van der Waals surface area contributed by atoms with Crippen molar-refractivity contribution in [2.24, 2.45) is 0 Å². The van der Waals surface area contributed by atoms with Gasteiger partial charge in [0.2, 0.25) is 0 Å². The maximum absolute atomic E-state index is 12.9. The molecule has 0 bridgehead atoms. The van der Waals surface area contributed by atoms with E-state index in [1.165, 1.54) is 28.6 Å². The number of aromatic nitrogens is 5. The molecule has 0 saturated heterocycles. The number of amides is 1. The van der Waals surface area contributed by atoms with Crippen LogP contribution < -0.4 is 5.32 Å². The summed E-state index contributed by atoms with van der Waals surface area (Å²) in [6, 6.07) is 12.6. The summed E-state index contributed by atoms with van der Waals surface area (Å²) in [7, 11) is 0. The number of thioether (sulfide) groups is 1. The van der Waals surface area contributed by atoms with Gasteiger partial charge in [-0.1, -0.05) is 28.6 Å². The molecule has 1 amide bonds. The summed E-state index contributed by atoms with van der Waals surface area (Å²) in [4.78, 5) is 21.2. The first kappa shape index (κ1) is 22.7. The van der Waals surface area contributed by atoms with Crippen molar-refractivity contribution in [2.75, 3.05) is 5.32 Å². The zero-order chi connectivity index (χ0) is 23.4. The predicted molar refractivity (Wildman–Crippen MR) is 117 cm³/mol. The molecule has 0 saturated carbocycles. The van der Waals surface area contributed by atoms with Crippen molar-refractivity contribution >= 4 is 35.0 Å². The third-order valence-electron chi connectivity index (χ3n) is 4.40. The highest BCUT2D eigenvalue weighted by Crippen LogP contribution is 2.30. The Morgan fingerprint density at radius 3 is 2.33 bits per heavy atom. The maximum Gasteiger partial charge on any atom is 0.416 e. The van der Waals surface area contributed by atoms with Gasteiger partial charge in [-0.05, 0) is 54.6 Å². The standard InChI is InChI=1S/C21H14ClF3N6OS/c22-14-4-8-16(9-5-14)31-17(12-33-20-26-10-1-11-27-20)18(29-30-31)19(32)28-15-6-2-13(3-7-15)21(23,24)25/h1-11H,12H2,(H,28,32). The summed E-state index contributed by atoms with van der Waals surface area (Å²) in [5, 5.41) is 11.7. The summed E-state index contributed by atoms with van der Waals surface area (Å²) in [5.74, 6) is -0.352. The van der Waals surface area contributed by atoms with E-state index >= 15 is 0 Å². The molecule has 0 unspecified atom stereocenters. The van der Waals surface area contributed by atoms with Crippen molar-refractivity contribution < 1.29 is 18.0 Å².